The lowest BCUT2D eigenvalue weighted by Crippen LogP contribution is -2.40. The van der Waals surface area contributed by atoms with E-state index in [0.29, 0.717) is 54.1 Å². The Hall–Kier alpha value is -2.89. The van der Waals surface area contributed by atoms with Gasteiger partial charge in [-0.2, -0.15) is 0 Å². The van der Waals surface area contributed by atoms with Crippen molar-refractivity contribution in [2.24, 2.45) is 5.92 Å². The first-order valence-electron chi connectivity index (χ1n) is 9.26. The molecule has 0 unspecified atom stereocenters. The molecule has 0 aromatic heterocycles. The maximum atomic E-state index is 13.4. The van der Waals surface area contributed by atoms with Crippen molar-refractivity contribution < 1.29 is 23.5 Å². The van der Waals surface area contributed by atoms with Crippen LogP contribution in [0.2, 0.25) is 0 Å². The average Bonchev–Trinajstić information content (AvgIpc) is 2.74. The highest BCUT2D eigenvalue weighted by Gasteiger charge is 2.29. The molecule has 148 valence electrons. The Kier molecular flexibility index (Phi) is 5.97. The summed E-state index contributed by atoms with van der Waals surface area (Å²) in [6.07, 6.45) is 1.18. The third-order valence-electron chi connectivity index (χ3n) is 5.23. The lowest BCUT2D eigenvalue weighted by molar-refractivity contribution is 0.0650. The number of benzene rings is 2. The molecule has 1 fully saturated rings. The minimum absolute atomic E-state index is 0.0151. The van der Waals surface area contributed by atoms with Crippen LogP contribution in [-0.4, -0.2) is 43.9 Å². The van der Waals surface area contributed by atoms with Crippen molar-refractivity contribution in [2.45, 2.75) is 19.8 Å². The van der Waals surface area contributed by atoms with E-state index in [0.717, 1.165) is 0 Å². The minimum Gasteiger partial charge on any atom is -0.493 e. The Balaban J connectivity index is 1.65. The number of halogens is 1. The molecule has 1 amide bonds. The van der Waals surface area contributed by atoms with Crippen LogP contribution in [0.3, 0.4) is 0 Å². The second kappa shape index (κ2) is 8.42. The van der Waals surface area contributed by atoms with Gasteiger partial charge in [-0.3, -0.25) is 9.59 Å². The molecule has 1 saturated heterocycles. The molecule has 0 N–H and O–H groups in total. The standard InChI is InChI=1S/C22H24FNO4/c1-14-12-16(4-6-18(14)23)21(25)15-8-10-24(11-9-15)22(26)17-5-7-19(27-2)20(13-17)28-3/h4-7,12-13,15H,8-11H2,1-3H3. The van der Waals surface area contributed by atoms with Crippen molar-refractivity contribution in [1.82, 2.24) is 4.90 Å². The van der Waals surface area contributed by atoms with Crippen molar-refractivity contribution in [1.29, 1.82) is 0 Å². The molecule has 1 aliphatic rings. The molecule has 0 bridgehead atoms. The number of hydrogen-bond acceptors (Lipinski definition) is 4. The van der Waals surface area contributed by atoms with Crippen molar-refractivity contribution >= 4 is 11.7 Å². The monoisotopic (exact) mass is 385 g/mol. The molecule has 1 aliphatic heterocycles. The molecule has 0 aliphatic carbocycles. The van der Waals surface area contributed by atoms with Crippen LogP contribution in [0.15, 0.2) is 36.4 Å². The number of methoxy groups -OCH3 is 2. The average molecular weight is 385 g/mol. The zero-order chi connectivity index (χ0) is 20.3. The number of amides is 1. The van der Waals surface area contributed by atoms with E-state index in [1.54, 1.807) is 43.2 Å². The summed E-state index contributed by atoms with van der Waals surface area (Å²) in [6, 6.07) is 9.55. The smallest absolute Gasteiger partial charge is 0.253 e. The van der Waals surface area contributed by atoms with Crippen LogP contribution in [0.5, 0.6) is 11.5 Å². The Morgan fingerprint density at radius 2 is 1.61 bits per heavy atom. The summed E-state index contributed by atoms with van der Waals surface area (Å²) in [5.74, 6) is 0.528. The number of aryl methyl sites for hydroxylation is 1. The Morgan fingerprint density at radius 3 is 2.21 bits per heavy atom. The highest BCUT2D eigenvalue weighted by Crippen LogP contribution is 2.29. The maximum absolute atomic E-state index is 13.4. The summed E-state index contributed by atoms with van der Waals surface area (Å²) in [4.78, 5) is 27.3. The number of piperidine rings is 1. The zero-order valence-corrected chi connectivity index (χ0v) is 16.3. The van der Waals surface area contributed by atoms with E-state index in [4.69, 9.17) is 9.47 Å². The maximum Gasteiger partial charge on any atom is 0.253 e. The second-order valence-corrected chi connectivity index (χ2v) is 6.96. The summed E-state index contributed by atoms with van der Waals surface area (Å²) in [5.41, 5.74) is 1.52. The van der Waals surface area contributed by atoms with E-state index in [9.17, 15) is 14.0 Å². The number of rotatable bonds is 5. The van der Waals surface area contributed by atoms with E-state index >= 15 is 0 Å². The van der Waals surface area contributed by atoms with E-state index < -0.39 is 0 Å². The van der Waals surface area contributed by atoms with Gasteiger partial charge in [0.05, 0.1) is 14.2 Å². The summed E-state index contributed by atoms with van der Waals surface area (Å²) in [5, 5.41) is 0. The summed E-state index contributed by atoms with van der Waals surface area (Å²) in [7, 11) is 3.07. The quantitative estimate of drug-likeness (QED) is 0.733. The van der Waals surface area contributed by atoms with Gasteiger partial charge in [0.15, 0.2) is 17.3 Å². The minimum atomic E-state index is -0.313. The van der Waals surface area contributed by atoms with E-state index in [2.05, 4.69) is 0 Å². The molecule has 0 radical (unpaired) electrons. The van der Waals surface area contributed by atoms with E-state index in [-0.39, 0.29) is 23.4 Å². The third-order valence-corrected chi connectivity index (χ3v) is 5.23. The molecule has 0 spiro atoms. The largest absolute Gasteiger partial charge is 0.493 e. The number of ketones is 1. The van der Waals surface area contributed by atoms with Crippen LogP contribution in [0.1, 0.15) is 39.1 Å². The number of hydrogen-bond donors (Lipinski definition) is 0. The number of Topliss-reactive ketones (excluding diaryl/α,β-unsaturated/α-hetero) is 1. The van der Waals surface area contributed by atoms with Crippen LogP contribution >= 0.6 is 0 Å². The molecule has 3 rings (SSSR count). The summed E-state index contributed by atoms with van der Waals surface area (Å²) >= 11 is 0. The number of carbonyl (C=O) groups excluding carboxylic acids is 2. The van der Waals surface area contributed by atoms with Gasteiger partial charge in [-0.15, -0.1) is 0 Å². The Bertz CT molecular complexity index is 888. The van der Waals surface area contributed by atoms with E-state index in [1.807, 2.05) is 0 Å². The Morgan fingerprint density at radius 1 is 0.964 bits per heavy atom. The normalized spacial score (nSPS) is 14.6. The predicted molar refractivity (Wildman–Crippen MR) is 104 cm³/mol. The first-order valence-corrected chi connectivity index (χ1v) is 9.26. The van der Waals surface area contributed by atoms with Gasteiger partial charge in [-0.25, -0.2) is 4.39 Å². The van der Waals surface area contributed by atoms with Crippen molar-refractivity contribution in [3.63, 3.8) is 0 Å². The van der Waals surface area contributed by atoms with Gasteiger partial charge in [0, 0.05) is 30.1 Å². The lowest BCUT2D eigenvalue weighted by Gasteiger charge is -2.31. The molecule has 28 heavy (non-hydrogen) atoms. The van der Waals surface area contributed by atoms with Gasteiger partial charge >= 0.3 is 0 Å². The molecule has 0 atom stereocenters. The van der Waals surface area contributed by atoms with Crippen LogP contribution in [-0.2, 0) is 0 Å². The van der Waals surface area contributed by atoms with Gasteiger partial charge in [0.1, 0.15) is 5.82 Å². The van der Waals surface area contributed by atoms with Gasteiger partial charge in [-0.05, 0) is 61.7 Å². The third kappa shape index (κ3) is 4.01. The lowest BCUT2D eigenvalue weighted by atomic mass is 9.88. The van der Waals surface area contributed by atoms with Crippen LogP contribution < -0.4 is 9.47 Å². The highest BCUT2D eigenvalue weighted by atomic mass is 19.1. The van der Waals surface area contributed by atoms with Crippen LogP contribution in [0, 0.1) is 18.7 Å². The van der Waals surface area contributed by atoms with Crippen molar-refractivity contribution in [3.8, 4) is 11.5 Å². The second-order valence-electron chi connectivity index (χ2n) is 6.96. The van der Waals surface area contributed by atoms with Crippen molar-refractivity contribution in [2.75, 3.05) is 27.3 Å². The first-order chi connectivity index (χ1) is 13.4. The summed E-state index contributed by atoms with van der Waals surface area (Å²) in [6.45, 7) is 2.66. The number of ether oxygens (including phenoxy) is 2. The molecule has 1 heterocycles. The van der Waals surface area contributed by atoms with Crippen LogP contribution in [0.4, 0.5) is 4.39 Å². The SMILES string of the molecule is COc1ccc(C(=O)N2CCC(C(=O)c3ccc(F)c(C)c3)CC2)cc1OC. The molecule has 0 saturated carbocycles. The van der Waals surface area contributed by atoms with E-state index in [1.165, 1.54) is 19.2 Å². The number of nitrogens with zero attached hydrogens (tertiary/aromatic N) is 1. The summed E-state index contributed by atoms with van der Waals surface area (Å²) < 4.78 is 23.9. The predicted octanol–water partition coefficient (Wildman–Crippen LogP) is 3.89. The molecule has 5 nitrogen and oxygen atoms in total. The molecule has 2 aromatic rings. The first kappa shape index (κ1) is 19.9. The topological polar surface area (TPSA) is 55.8 Å². The van der Waals surface area contributed by atoms with Gasteiger partial charge in [0.25, 0.3) is 5.91 Å². The van der Waals surface area contributed by atoms with Gasteiger partial charge in [0.2, 0.25) is 0 Å². The molecular weight excluding hydrogens is 361 g/mol. The number of likely N-dealkylation sites (tertiary alicyclic amines) is 1. The fraction of sp³-hybridized carbons (Fsp3) is 0.364. The Labute approximate surface area is 164 Å². The van der Waals surface area contributed by atoms with Gasteiger partial charge in [-0.1, -0.05) is 0 Å². The fourth-order valence-corrected chi connectivity index (χ4v) is 3.53. The van der Waals surface area contributed by atoms with Crippen molar-refractivity contribution in [3.05, 3.63) is 58.9 Å². The zero-order valence-electron chi connectivity index (χ0n) is 16.3. The number of carbonyl (C=O) groups is 2. The molecule has 2 aromatic carbocycles. The van der Waals surface area contributed by atoms with Crippen LogP contribution in [0.25, 0.3) is 0 Å². The molecular formula is C22H24FNO4. The highest BCUT2D eigenvalue weighted by molar-refractivity contribution is 5.98. The fourth-order valence-electron chi connectivity index (χ4n) is 3.53. The van der Waals surface area contributed by atoms with Gasteiger partial charge < -0.3 is 14.4 Å². The molecule has 6 heteroatoms.